The molecule has 1 aliphatic carbocycles. The highest BCUT2D eigenvalue weighted by atomic mass is 35.5. The molecule has 0 radical (unpaired) electrons. The van der Waals surface area contributed by atoms with Gasteiger partial charge in [0.2, 0.25) is 0 Å². The number of halogens is 4. The normalized spacial score (nSPS) is 21.6. The van der Waals surface area contributed by atoms with Crippen molar-refractivity contribution in [3.05, 3.63) is 73.4 Å². The lowest BCUT2D eigenvalue weighted by molar-refractivity contribution is -0.144. The van der Waals surface area contributed by atoms with Gasteiger partial charge in [0.15, 0.2) is 0 Å². The average Bonchev–Trinajstić information content (AvgIpc) is 3.76. The number of carbonyl (C=O) groups is 1. The Morgan fingerprint density at radius 2 is 1.94 bits per heavy atom. The number of fused-ring (bicyclic) bond motifs is 2. The molecule has 1 aromatic carbocycles. The average molecular weight is 716 g/mol. The lowest BCUT2D eigenvalue weighted by atomic mass is 9.86. The first-order valence-corrected chi connectivity index (χ1v) is 17.7. The number of aromatic carboxylic acids is 1. The van der Waals surface area contributed by atoms with Gasteiger partial charge < -0.3 is 9.84 Å². The summed E-state index contributed by atoms with van der Waals surface area (Å²) in [6.07, 6.45) is -0.405. The van der Waals surface area contributed by atoms with Gasteiger partial charge in [-0.25, -0.2) is 9.78 Å². The summed E-state index contributed by atoms with van der Waals surface area (Å²) in [5.74, 6) is 0.115. The van der Waals surface area contributed by atoms with Gasteiger partial charge in [-0.15, -0.1) is 11.3 Å². The number of ether oxygens (including phenoxy) is 1. The zero-order valence-corrected chi connectivity index (χ0v) is 28.8. The molecular weight excluding hydrogens is 679 g/mol. The lowest BCUT2D eigenvalue weighted by Gasteiger charge is -2.33. The predicted molar refractivity (Wildman–Crippen MR) is 182 cm³/mol. The summed E-state index contributed by atoms with van der Waals surface area (Å²) in [6, 6.07) is 7.32. The maximum atomic E-state index is 13.9. The molecule has 2 fully saturated rings. The lowest BCUT2D eigenvalue weighted by Crippen LogP contribution is -2.43. The summed E-state index contributed by atoms with van der Waals surface area (Å²) in [5.41, 5.74) is 4.02. The molecular formula is C35H37ClF3N5O4S. The third-order valence-corrected chi connectivity index (χ3v) is 11.5. The zero-order chi connectivity index (χ0) is 34.7. The maximum Gasteiger partial charge on any atom is 0.401 e. The van der Waals surface area contributed by atoms with Crippen LogP contribution in [0.1, 0.15) is 52.4 Å². The van der Waals surface area contributed by atoms with Gasteiger partial charge in [-0.1, -0.05) is 11.6 Å². The van der Waals surface area contributed by atoms with E-state index in [1.54, 1.807) is 28.1 Å². The number of hydrogen-bond acceptors (Lipinski definition) is 8. The number of benzene rings is 1. The second-order valence-corrected chi connectivity index (χ2v) is 15.0. The smallest absolute Gasteiger partial charge is 0.401 e. The summed E-state index contributed by atoms with van der Waals surface area (Å²) >= 11 is 7.71. The van der Waals surface area contributed by atoms with Gasteiger partial charge in [0.1, 0.15) is 18.2 Å². The predicted octanol–water partition coefficient (Wildman–Crippen LogP) is 6.38. The van der Waals surface area contributed by atoms with Gasteiger partial charge in [-0.3, -0.25) is 24.1 Å². The van der Waals surface area contributed by atoms with Crippen LogP contribution in [0.4, 0.5) is 13.2 Å². The van der Waals surface area contributed by atoms with Crippen molar-refractivity contribution < 1.29 is 27.8 Å². The summed E-state index contributed by atoms with van der Waals surface area (Å²) < 4.78 is 47.7. The van der Waals surface area contributed by atoms with Crippen LogP contribution in [-0.2, 0) is 19.4 Å². The Hall–Kier alpha value is -3.52. The van der Waals surface area contributed by atoms with E-state index in [-0.39, 0.29) is 35.7 Å². The molecule has 1 spiro atoms. The molecule has 0 amide bonds. The fourth-order valence-electron chi connectivity index (χ4n) is 7.99. The molecule has 0 saturated carbocycles. The van der Waals surface area contributed by atoms with Crippen LogP contribution in [-0.4, -0.2) is 87.0 Å². The fourth-order valence-corrected chi connectivity index (χ4v) is 9.17. The van der Waals surface area contributed by atoms with Crippen molar-refractivity contribution in [2.45, 2.75) is 64.7 Å². The standard InChI is InChI=1S/C35H37ClF3N5O4S/c1-20-13-25(31-30(40-20)27(16-49-31)33(46)47)24-14-22(36)3-6-29(24)48-12-11-44-21(2)41-28-5-4-23(15-26(28)32(44)45)43-10-8-34(18-43)7-9-42(17-34)19-35(37,38)39/h3,6,13-14,16,23H,4-5,7-12,15,17-19H2,1-2H3,(H,46,47)/t23-,34?/m0/s1. The minimum absolute atomic E-state index is 0.0792. The molecule has 14 heteroatoms. The van der Waals surface area contributed by atoms with Crippen molar-refractivity contribution in [3.8, 4) is 16.9 Å². The Bertz CT molecular complexity index is 2000. The highest BCUT2D eigenvalue weighted by Crippen LogP contribution is 2.43. The molecule has 3 aromatic heterocycles. The summed E-state index contributed by atoms with van der Waals surface area (Å²) in [4.78, 5) is 38.9. The number of aryl methyl sites for hydroxylation is 3. The molecule has 9 nitrogen and oxygen atoms in total. The van der Waals surface area contributed by atoms with Crippen LogP contribution in [0.15, 0.2) is 34.4 Å². The van der Waals surface area contributed by atoms with E-state index in [9.17, 15) is 27.9 Å². The van der Waals surface area contributed by atoms with Gasteiger partial charge in [-0.2, -0.15) is 13.2 Å². The van der Waals surface area contributed by atoms with Gasteiger partial charge >= 0.3 is 12.1 Å². The van der Waals surface area contributed by atoms with Crippen molar-refractivity contribution in [2.24, 2.45) is 5.41 Å². The Morgan fingerprint density at radius 1 is 1.14 bits per heavy atom. The Morgan fingerprint density at radius 3 is 2.71 bits per heavy atom. The minimum Gasteiger partial charge on any atom is -0.491 e. The summed E-state index contributed by atoms with van der Waals surface area (Å²) in [7, 11) is 0. The molecule has 1 N–H and O–H groups in total. The molecule has 4 aromatic rings. The van der Waals surface area contributed by atoms with Gasteiger partial charge in [0.05, 0.1) is 34.6 Å². The SMILES string of the molecule is Cc1cc(-c2cc(Cl)ccc2OCCn2c(C)nc3c(c2=O)C[C@@H](N2CCC4(CCN(CC(F)(F)F)C4)C2)CC3)c2scc(C(=O)O)c2n1. The molecule has 5 heterocycles. The van der Waals surface area contributed by atoms with Gasteiger partial charge in [0.25, 0.3) is 5.56 Å². The van der Waals surface area contributed by atoms with E-state index < -0.39 is 18.7 Å². The topological polar surface area (TPSA) is 101 Å². The summed E-state index contributed by atoms with van der Waals surface area (Å²) in [6.45, 7) is 5.77. The summed E-state index contributed by atoms with van der Waals surface area (Å²) in [5, 5.41) is 11.8. The number of pyridine rings is 1. The largest absolute Gasteiger partial charge is 0.491 e. The number of carboxylic acids is 1. The zero-order valence-electron chi connectivity index (χ0n) is 27.3. The van der Waals surface area contributed by atoms with Crippen LogP contribution >= 0.6 is 22.9 Å². The fraction of sp³-hybridized carbons (Fsp3) is 0.486. The molecule has 2 saturated heterocycles. The second-order valence-electron chi connectivity index (χ2n) is 13.7. The number of likely N-dealkylation sites (tertiary alicyclic amines) is 2. The van der Waals surface area contributed by atoms with E-state index in [1.807, 2.05) is 19.9 Å². The van der Waals surface area contributed by atoms with Crippen LogP contribution < -0.4 is 10.3 Å². The number of alkyl halides is 3. The number of carboxylic acid groups (broad SMARTS) is 1. The second kappa shape index (κ2) is 13.0. The molecule has 2 aliphatic heterocycles. The van der Waals surface area contributed by atoms with E-state index in [4.69, 9.17) is 21.3 Å². The number of nitrogens with zero attached hydrogens (tertiary/aromatic N) is 5. The quantitative estimate of drug-likeness (QED) is 0.224. The van der Waals surface area contributed by atoms with Crippen molar-refractivity contribution in [2.75, 3.05) is 39.3 Å². The van der Waals surface area contributed by atoms with Crippen molar-refractivity contribution in [3.63, 3.8) is 0 Å². The van der Waals surface area contributed by atoms with Crippen LogP contribution in [0.25, 0.3) is 21.3 Å². The molecule has 2 atom stereocenters. The third-order valence-electron chi connectivity index (χ3n) is 10.3. The number of rotatable bonds is 8. The van der Waals surface area contributed by atoms with Gasteiger partial charge in [-0.05, 0) is 88.7 Å². The van der Waals surface area contributed by atoms with Crippen LogP contribution in [0.3, 0.4) is 0 Å². The van der Waals surface area contributed by atoms with Crippen LogP contribution in [0, 0.1) is 19.3 Å². The number of thiophene rings is 1. The third kappa shape index (κ3) is 6.82. The molecule has 1 unspecified atom stereocenters. The van der Waals surface area contributed by atoms with Crippen LogP contribution in [0.5, 0.6) is 5.75 Å². The highest BCUT2D eigenvalue weighted by molar-refractivity contribution is 7.18. The first kappa shape index (κ1) is 34.0. The van der Waals surface area contributed by atoms with E-state index >= 15 is 0 Å². The number of aromatic nitrogens is 3. The van der Waals surface area contributed by atoms with E-state index in [0.29, 0.717) is 69.6 Å². The Kier molecular flexibility index (Phi) is 9.00. The monoisotopic (exact) mass is 715 g/mol. The van der Waals surface area contributed by atoms with Crippen LogP contribution in [0.2, 0.25) is 5.02 Å². The molecule has 7 rings (SSSR count). The van der Waals surface area contributed by atoms with E-state index in [1.165, 1.54) is 16.2 Å². The minimum atomic E-state index is -4.19. The van der Waals surface area contributed by atoms with Crippen molar-refractivity contribution >= 4 is 39.1 Å². The number of hydrogen-bond donors (Lipinski definition) is 1. The maximum absolute atomic E-state index is 13.9. The van der Waals surface area contributed by atoms with E-state index in [0.717, 1.165) is 43.6 Å². The Balaban J connectivity index is 1.06. The van der Waals surface area contributed by atoms with Gasteiger partial charge in [0, 0.05) is 51.9 Å². The Labute approximate surface area is 290 Å². The van der Waals surface area contributed by atoms with Crippen molar-refractivity contribution in [1.82, 2.24) is 24.3 Å². The molecule has 0 bridgehead atoms. The van der Waals surface area contributed by atoms with E-state index in [2.05, 4.69) is 9.88 Å². The van der Waals surface area contributed by atoms with Crippen molar-refractivity contribution in [1.29, 1.82) is 0 Å². The molecule has 3 aliphatic rings. The first-order chi connectivity index (χ1) is 23.3. The first-order valence-electron chi connectivity index (χ1n) is 16.5. The molecule has 260 valence electrons. The highest BCUT2D eigenvalue weighted by Gasteiger charge is 2.47. The molecule has 49 heavy (non-hydrogen) atoms.